The third-order valence-electron chi connectivity index (χ3n) is 2.19. The molecule has 0 aromatic rings. The second-order valence-electron chi connectivity index (χ2n) is 4.25. The summed E-state index contributed by atoms with van der Waals surface area (Å²) in [5.41, 5.74) is 0. The van der Waals surface area contributed by atoms with Crippen molar-refractivity contribution in [2.75, 3.05) is 6.61 Å². The maximum Gasteiger partial charge on any atom is 0.238 e. The Morgan fingerprint density at radius 2 is 1.64 bits per heavy atom. The summed E-state index contributed by atoms with van der Waals surface area (Å²) in [6, 6.07) is 0. The van der Waals surface area contributed by atoms with E-state index in [2.05, 4.69) is 33.9 Å². The molecule has 0 aliphatic carbocycles. The molecule has 0 aromatic heterocycles. The van der Waals surface area contributed by atoms with Gasteiger partial charge < -0.3 is 0 Å². The number of hydrogen-bond donors (Lipinski definition) is 0. The lowest BCUT2D eigenvalue weighted by Gasteiger charge is -2.34. The summed E-state index contributed by atoms with van der Waals surface area (Å²) in [5, 5.41) is 0.238. The molecule has 0 N–H and O–H groups in total. The molecular weight excluding hydrogens is 156 g/mol. The Morgan fingerprint density at radius 3 is 1.91 bits per heavy atom. The average molecular weight is 176 g/mol. The van der Waals surface area contributed by atoms with Crippen LogP contribution in [-0.2, 0) is 9.46 Å². The molecule has 0 aliphatic heterocycles. The van der Waals surface area contributed by atoms with E-state index in [9.17, 15) is 0 Å². The van der Waals surface area contributed by atoms with E-state index >= 15 is 0 Å². The smallest absolute Gasteiger partial charge is 0.238 e. The van der Waals surface area contributed by atoms with Crippen molar-refractivity contribution in [2.45, 2.75) is 45.8 Å². The Balaban J connectivity index is 4.00. The molecule has 3 heteroatoms. The summed E-state index contributed by atoms with van der Waals surface area (Å²) in [4.78, 5) is 4.99. The normalized spacial score (nSPS) is 13.6. The summed E-state index contributed by atoms with van der Waals surface area (Å²) >= 11 is 0. The van der Waals surface area contributed by atoms with Crippen LogP contribution in [0.2, 0.25) is 18.1 Å². The van der Waals surface area contributed by atoms with E-state index in [4.69, 9.17) is 9.46 Å². The summed E-state index contributed by atoms with van der Waals surface area (Å²) < 4.78 is 5.38. The van der Waals surface area contributed by atoms with Crippen LogP contribution in [0.25, 0.3) is 0 Å². The van der Waals surface area contributed by atoms with Crippen LogP contribution >= 0.6 is 0 Å². The van der Waals surface area contributed by atoms with Crippen molar-refractivity contribution in [1.29, 1.82) is 0 Å². The van der Waals surface area contributed by atoms with Crippen LogP contribution < -0.4 is 0 Å². The van der Waals surface area contributed by atoms with Gasteiger partial charge in [-0.3, -0.25) is 4.58 Å². The molecule has 0 amide bonds. The van der Waals surface area contributed by atoms with E-state index in [0.29, 0.717) is 6.61 Å². The van der Waals surface area contributed by atoms with Crippen molar-refractivity contribution in [2.24, 2.45) is 0 Å². The van der Waals surface area contributed by atoms with Crippen LogP contribution in [0.1, 0.15) is 27.7 Å². The quantitative estimate of drug-likeness (QED) is 0.374. The summed E-state index contributed by atoms with van der Waals surface area (Å²) in [6.07, 6.45) is 0. The fourth-order valence-corrected chi connectivity index (χ4v) is 0.994. The van der Waals surface area contributed by atoms with E-state index in [1.54, 1.807) is 0 Å². The van der Waals surface area contributed by atoms with Gasteiger partial charge in [0.05, 0.1) is 6.61 Å². The minimum Gasteiger partial charge on any atom is -0.286 e. The minimum absolute atomic E-state index is 0.238. The standard InChI is InChI=1S/C8H20O2Si/c1-7-9-10-11(5,6)8(2,3)4/h7H2,1-6H3. The zero-order chi connectivity index (χ0) is 9.12. The third kappa shape index (κ3) is 3.36. The van der Waals surface area contributed by atoms with Gasteiger partial charge in [0.25, 0.3) is 0 Å². The van der Waals surface area contributed by atoms with Gasteiger partial charge in [-0.2, -0.15) is 0 Å². The Morgan fingerprint density at radius 1 is 1.18 bits per heavy atom. The van der Waals surface area contributed by atoms with Crippen LogP contribution in [0, 0.1) is 0 Å². The highest BCUT2D eigenvalue weighted by Gasteiger charge is 2.38. The molecule has 2 nitrogen and oxygen atoms in total. The van der Waals surface area contributed by atoms with E-state index in [1.807, 2.05) is 6.92 Å². The highest BCUT2D eigenvalue weighted by Crippen LogP contribution is 2.36. The van der Waals surface area contributed by atoms with Gasteiger partial charge in [0.15, 0.2) is 0 Å². The van der Waals surface area contributed by atoms with Crippen molar-refractivity contribution in [3.63, 3.8) is 0 Å². The molecule has 68 valence electrons. The molecule has 0 aliphatic rings. The molecule has 0 heterocycles. The lowest BCUT2D eigenvalue weighted by molar-refractivity contribution is -0.216. The zero-order valence-corrected chi connectivity index (χ0v) is 9.52. The number of rotatable bonds is 3. The van der Waals surface area contributed by atoms with Gasteiger partial charge in [-0.1, -0.05) is 20.8 Å². The Kier molecular flexibility index (Phi) is 3.74. The van der Waals surface area contributed by atoms with Gasteiger partial charge in [0.2, 0.25) is 8.32 Å². The van der Waals surface area contributed by atoms with Crippen molar-refractivity contribution < 1.29 is 9.46 Å². The maximum absolute atomic E-state index is 5.38. The predicted molar refractivity (Wildman–Crippen MR) is 49.9 cm³/mol. The summed E-state index contributed by atoms with van der Waals surface area (Å²) in [7, 11) is -1.65. The Labute approximate surface area is 71.0 Å². The monoisotopic (exact) mass is 176 g/mol. The van der Waals surface area contributed by atoms with Gasteiger partial charge in [-0.25, -0.2) is 4.89 Å². The molecule has 0 aromatic carbocycles. The van der Waals surface area contributed by atoms with Crippen LogP contribution in [0.15, 0.2) is 0 Å². The summed E-state index contributed by atoms with van der Waals surface area (Å²) in [5.74, 6) is 0. The Hall–Kier alpha value is 0.137. The first-order valence-electron chi connectivity index (χ1n) is 4.12. The first-order valence-corrected chi connectivity index (χ1v) is 7.02. The highest BCUT2D eigenvalue weighted by atomic mass is 28.4. The SMILES string of the molecule is CCOO[Si](C)(C)C(C)(C)C. The highest BCUT2D eigenvalue weighted by molar-refractivity contribution is 6.73. The van der Waals surface area contributed by atoms with Crippen LogP contribution in [-0.4, -0.2) is 14.9 Å². The molecule has 0 rings (SSSR count). The second-order valence-corrected chi connectivity index (χ2v) is 8.94. The largest absolute Gasteiger partial charge is 0.286 e. The van der Waals surface area contributed by atoms with Gasteiger partial charge in [0.1, 0.15) is 0 Å². The first kappa shape index (κ1) is 11.1. The molecule has 0 spiro atoms. The molecule has 11 heavy (non-hydrogen) atoms. The van der Waals surface area contributed by atoms with Gasteiger partial charge in [-0.15, -0.1) is 0 Å². The van der Waals surface area contributed by atoms with Crippen LogP contribution in [0.5, 0.6) is 0 Å². The predicted octanol–water partition coefficient (Wildman–Crippen LogP) is 2.96. The lowest BCUT2D eigenvalue weighted by atomic mass is 10.2. The minimum atomic E-state index is -1.65. The van der Waals surface area contributed by atoms with Gasteiger partial charge in [0, 0.05) is 0 Å². The van der Waals surface area contributed by atoms with Crippen molar-refractivity contribution in [3.8, 4) is 0 Å². The first-order chi connectivity index (χ1) is 4.81. The molecular formula is C8H20O2Si. The van der Waals surface area contributed by atoms with Gasteiger partial charge >= 0.3 is 0 Å². The lowest BCUT2D eigenvalue weighted by Crippen LogP contribution is -2.40. The number of hydrogen-bond acceptors (Lipinski definition) is 2. The molecule has 0 unspecified atom stereocenters. The average Bonchev–Trinajstić information content (AvgIpc) is 1.81. The van der Waals surface area contributed by atoms with Crippen molar-refractivity contribution in [1.82, 2.24) is 0 Å². The van der Waals surface area contributed by atoms with Gasteiger partial charge in [-0.05, 0) is 25.1 Å². The van der Waals surface area contributed by atoms with E-state index < -0.39 is 8.32 Å². The second kappa shape index (κ2) is 3.69. The third-order valence-corrected chi connectivity index (χ3v) is 6.34. The molecule has 0 bridgehead atoms. The van der Waals surface area contributed by atoms with E-state index in [-0.39, 0.29) is 5.04 Å². The van der Waals surface area contributed by atoms with Crippen molar-refractivity contribution >= 4 is 8.32 Å². The van der Waals surface area contributed by atoms with Crippen LogP contribution in [0.3, 0.4) is 0 Å². The maximum atomic E-state index is 5.38. The molecule has 0 atom stereocenters. The topological polar surface area (TPSA) is 18.5 Å². The molecule has 0 fully saturated rings. The van der Waals surface area contributed by atoms with Crippen molar-refractivity contribution in [3.05, 3.63) is 0 Å². The van der Waals surface area contributed by atoms with E-state index in [1.165, 1.54) is 0 Å². The van der Waals surface area contributed by atoms with Crippen LogP contribution in [0.4, 0.5) is 0 Å². The fraction of sp³-hybridized carbons (Fsp3) is 1.00. The molecule has 0 saturated carbocycles. The molecule has 0 saturated heterocycles. The summed E-state index contributed by atoms with van der Waals surface area (Å²) in [6.45, 7) is 13.5. The molecule has 0 radical (unpaired) electrons. The van der Waals surface area contributed by atoms with E-state index in [0.717, 1.165) is 0 Å². The zero-order valence-electron chi connectivity index (χ0n) is 8.52. The fourth-order valence-electron chi connectivity index (χ4n) is 0.331. The Bertz CT molecular complexity index is 116.